The molecule has 0 saturated heterocycles. The van der Waals surface area contributed by atoms with Gasteiger partial charge in [-0.25, -0.2) is 4.57 Å². The Balaban J connectivity index is 4.23. The molecular weight excluding hydrogens is 663 g/mol. The molecule has 0 radical (unpaired) electrons. The topological polar surface area (TPSA) is 151 Å². The largest absolute Gasteiger partial charge is 0.472 e. The molecule has 0 heterocycles. The van der Waals surface area contributed by atoms with Gasteiger partial charge in [0.1, 0.15) is 0 Å². The average molecular weight is 749 g/mol. The van der Waals surface area contributed by atoms with Gasteiger partial charge in [0.05, 0.1) is 37.9 Å². The van der Waals surface area contributed by atoms with E-state index < -0.39 is 32.0 Å². The lowest BCUT2D eigenvalue weighted by molar-refractivity contribution is -0.125. The first-order chi connectivity index (χ1) is 24.8. The molecule has 0 spiro atoms. The summed E-state index contributed by atoms with van der Waals surface area (Å²) in [6.07, 6.45) is 35.7. The summed E-state index contributed by atoms with van der Waals surface area (Å²) in [7, 11) is -4.37. The van der Waals surface area contributed by atoms with Gasteiger partial charge in [-0.05, 0) is 12.8 Å². The number of unbranched alkanes of at least 4 members (excludes halogenated alkanes) is 27. The van der Waals surface area contributed by atoms with Crippen molar-refractivity contribution in [1.82, 2.24) is 5.32 Å². The Morgan fingerprint density at radius 1 is 0.588 bits per heavy atom. The molecule has 51 heavy (non-hydrogen) atoms. The van der Waals surface area contributed by atoms with E-state index in [1.54, 1.807) is 0 Å². The zero-order valence-electron chi connectivity index (χ0n) is 33.5. The molecule has 0 aliphatic rings. The fraction of sp³-hybridized carbons (Fsp3) is 0.976. The van der Waals surface area contributed by atoms with Gasteiger partial charge in [0.15, 0.2) is 0 Å². The fourth-order valence-electron chi connectivity index (χ4n) is 6.71. The molecule has 0 fully saturated rings. The second-order valence-electron chi connectivity index (χ2n) is 15.1. The number of amides is 1. The summed E-state index contributed by atoms with van der Waals surface area (Å²) in [5, 5.41) is 24.1. The molecule has 1 amide bonds. The number of carbonyl (C=O) groups excluding carboxylic acids is 1. The molecule has 9 nitrogen and oxygen atoms in total. The van der Waals surface area contributed by atoms with Gasteiger partial charge < -0.3 is 26.2 Å². The molecule has 4 unspecified atom stereocenters. The minimum Gasteiger partial charge on any atom is -0.393 e. The Hall–Kier alpha value is -0.540. The Morgan fingerprint density at radius 3 is 1.31 bits per heavy atom. The molecule has 6 N–H and O–H groups in total. The number of rotatable bonds is 41. The van der Waals surface area contributed by atoms with Crippen molar-refractivity contribution in [1.29, 1.82) is 0 Å². The third-order valence-electron chi connectivity index (χ3n) is 10.0. The van der Waals surface area contributed by atoms with Crippen LogP contribution in [-0.2, 0) is 18.4 Å². The van der Waals surface area contributed by atoms with Crippen LogP contribution in [0, 0.1) is 0 Å². The highest BCUT2D eigenvalue weighted by Gasteiger charge is 2.28. The lowest BCUT2D eigenvalue weighted by Gasteiger charge is -2.25. The third kappa shape index (κ3) is 36.2. The van der Waals surface area contributed by atoms with Crippen molar-refractivity contribution in [3.8, 4) is 0 Å². The zero-order chi connectivity index (χ0) is 37.7. The average Bonchev–Trinajstić information content (AvgIpc) is 3.10. The SMILES string of the molecule is CCCCCCCCCCCCCCCCCCCCC(O)C(COP(=O)(O)OCCN)NC(=O)CC(O)CCCCCCCCCCCCC. The van der Waals surface area contributed by atoms with E-state index in [2.05, 4.69) is 19.2 Å². The van der Waals surface area contributed by atoms with E-state index >= 15 is 0 Å². The summed E-state index contributed by atoms with van der Waals surface area (Å²) in [5.74, 6) is -0.410. The lowest BCUT2D eigenvalue weighted by Crippen LogP contribution is -2.47. The third-order valence-corrected chi connectivity index (χ3v) is 11.0. The number of phosphoric ester groups is 1. The fourth-order valence-corrected chi connectivity index (χ4v) is 7.47. The van der Waals surface area contributed by atoms with Gasteiger partial charge in [-0.15, -0.1) is 0 Å². The molecule has 0 rings (SSSR count). The molecule has 306 valence electrons. The molecule has 4 atom stereocenters. The first kappa shape index (κ1) is 50.5. The molecule has 0 bridgehead atoms. The van der Waals surface area contributed by atoms with Crippen LogP contribution < -0.4 is 11.1 Å². The van der Waals surface area contributed by atoms with Crippen LogP contribution in [0.4, 0.5) is 0 Å². The number of carbonyl (C=O) groups is 1. The Bertz CT molecular complexity index is 791. The molecule has 0 aromatic heterocycles. The van der Waals surface area contributed by atoms with Crippen LogP contribution in [-0.4, -0.2) is 59.0 Å². The van der Waals surface area contributed by atoms with E-state index in [4.69, 9.17) is 14.8 Å². The lowest BCUT2D eigenvalue weighted by atomic mass is 10.0. The second kappa shape index (κ2) is 37.8. The Kier molecular flexibility index (Phi) is 37.4. The molecule has 0 saturated carbocycles. The maximum Gasteiger partial charge on any atom is 0.472 e. The first-order valence-corrected chi connectivity index (χ1v) is 23.2. The van der Waals surface area contributed by atoms with Crippen molar-refractivity contribution in [2.75, 3.05) is 19.8 Å². The normalized spacial score (nSPS) is 14.7. The number of nitrogens with one attached hydrogen (secondary N) is 1. The van der Waals surface area contributed by atoms with Crippen molar-refractivity contribution >= 4 is 13.7 Å². The second-order valence-corrected chi connectivity index (χ2v) is 16.6. The molecule has 0 aliphatic carbocycles. The summed E-state index contributed by atoms with van der Waals surface area (Å²) in [6.45, 7) is 4.06. The van der Waals surface area contributed by atoms with Crippen molar-refractivity contribution < 1.29 is 33.5 Å². The predicted molar refractivity (Wildman–Crippen MR) is 214 cm³/mol. The van der Waals surface area contributed by atoms with Gasteiger partial charge in [-0.3, -0.25) is 13.8 Å². The van der Waals surface area contributed by atoms with Gasteiger partial charge in [-0.2, -0.15) is 0 Å². The molecule has 10 heteroatoms. The minimum atomic E-state index is -4.37. The van der Waals surface area contributed by atoms with Gasteiger partial charge in [0.2, 0.25) is 5.91 Å². The minimum absolute atomic E-state index is 0.0626. The van der Waals surface area contributed by atoms with Crippen molar-refractivity contribution in [2.24, 2.45) is 5.73 Å². The number of hydrogen-bond acceptors (Lipinski definition) is 7. The quantitative estimate of drug-likeness (QED) is 0.0306. The van der Waals surface area contributed by atoms with Crippen LogP contribution in [0.1, 0.15) is 219 Å². The Morgan fingerprint density at radius 2 is 0.941 bits per heavy atom. The van der Waals surface area contributed by atoms with Crippen LogP contribution in [0.2, 0.25) is 0 Å². The van der Waals surface area contributed by atoms with Gasteiger partial charge in [0.25, 0.3) is 0 Å². The number of aliphatic hydroxyl groups is 2. The number of aliphatic hydroxyl groups excluding tert-OH is 2. The van der Waals surface area contributed by atoms with Crippen molar-refractivity contribution in [3.63, 3.8) is 0 Å². The number of hydrogen-bond donors (Lipinski definition) is 5. The number of phosphoric acid groups is 1. The maximum atomic E-state index is 12.8. The summed E-state index contributed by atoms with van der Waals surface area (Å²) in [6, 6.07) is -0.889. The maximum absolute atomic E-state index is 12.8. The summed E-state index contributed by atoms with van der Waals surface area (Å²) >= 11 is 0. The Labute approximate surface area is 315 Å². The van der Waals surface area contributed by atoms with Crippen LogP contribution in [0.15, 0.2) is 0 Å². The van der Waals surface area contributed by atoms with Crippen LogP contribution in [0.25, 0.3) is 0 Å². The van der Waals surface area contributed by atoms with Gasteiger partial charge in [0, 0.05) is 6.54 Å². The van der Waals surface area contributed by atoms with Crippen LogP contribution >= 0.6 is 7.82 Å². The molecule has 0 aromatic rings. The van der Waals surface area contributed by atoms with Crippen LogP contribution in [0.3, 0.4) is 0 Å². The van der Waals surface area contributed by atoms with E-state index in [1.165, 1.54) is 148 Å². The van der Waals surface area contributed by atoms with Gasteiger partial charge in [-0.1, -0.05) is 200 Å². The van der Waals surface area contributed by atoms with Crippen molar-refractivity contribution in [3.05, 3.63) is 0 Å². The first-order valence-electron chi connectivity index (χ1n) is 21.7. The van der Waals surface area contributed by atoms with E-state index in [0.717, 1.165) is 38.5 Å². The van der Waals surface area contributed by atoms with E-state index in [-0.39, 0.29) is 26.2 Å². The smallest absolute Gasteiger partial charge is 0.393 e. The van der Waals surface area contributed by atoms with E-state index in [1.807, 2.05) is 0 Å². The van der Waals surface area contributed by atoms with Gasteiger partial charge >= 0.3 is 7.82 Å². The van der Waals surface area contributed by atoms with Crippen LogP contribution in [0.5, 0.6) is 0 Å². The standard InChI is InChI=1S/C41H85N2O7P/c1-3-5-7-9-11-13-15-16-17-18-19-20-21-23-25-27-29-31-33-40(45)39(37-50-51(47,48)49-35-34-42)43-41(46)36-38(44)32-30-28-26-24-22-14-12-10-8-6-4-2/h38-40,44-45H,3-37,42H2,1-2H3,(H,43,46)(H,47,48). The van der Waals surface area contributed by atoms with E-state index in [0.29, 0.717) is 12.8 Å². The van der Waals surface area contributed by atoms with E-state index in [9.17, 15) is 24.5 Å². The monoisotopic (exact) mass is 749 g/mol. The highest BCUT2D eigenvalue weighted by molar-refractivity contribution is 7.47. The number of nitrogens with two attached hydrogens (primary N) is 1. The predicted octanol–water partition coefficient (Wildman–Crippen LogP) is 10.8. The summed E-state index contributed by atoms with van der Waals surface area (Å²) in [5.41, 5.74) is 5.37. The highest BCUT2D eigenvalue weighted by atomic mass is 31.2. The molecule has 0 aromatic carbocycles. The summed E-state index contributed by atoms with van der Waals surface area (Å²) in [4.78, 5) is 22.7. The summed E-state index contributed by atoms with van der Waals surface area (Å²) < 4.78 is 22.1. The van der Waals surface area contributed by atoms with Crippen molar-refractivity contribution in [2.45, 2.75) is 238 Å². The molecule has 0 aliphatic heterocycles. The zero-order valence-corrected chi connectivity index (χ0v) is 34.4. The highest BCUT2D eigenvalue weighted by Crippen LogP contribution is 2.43. The molecular formula is C41H85N2O7P.